The van der Waals surface area contributed by atoms with Gasteiger partial charge in [0.05, 0.1) is 0 Å². The van der Waals surface area contributed by atoms with Crippen LogP contribution in [0, 0.1) is 0 Å². The van der Waals surface area contributed by atoms with E-state index in [0.717, 1.165) is 22.3 Å². The van der Waals surface area contributed by atoms with Crippen molar-refractivity contribution in [2.45, 2.75) is 12.1 Å². The van der Waals surface area contributed by atoms with E-state index in [1.165, 1.54) is 0 Å². The van der Waals surface area contributed by atoms with E-state index in [1.54, 1.807) is 7.11 Å². The van der Waals surface area contributed by atoms with Crippen LogP contribution >= 0.6 is 0 Å². The fourth-order valence-electron chi connectivity index (χ4n) is 2.58. The Bertz CT molecular complexity index is 676. The van der Waals surface area contributed by atoms with Gasteiger partial charge in [-0.05, 0) is 17.7 Å². The second-order valence-corrected chi connectivity index (χ2v) is 4.90. The molecule has 0 amide bonds. The number of benzene rings is 2. The molecule has 0 aliphatic heterocycles. The average Bonchev–Trinajstić information content (AvgIpc) is 2.96. The summed E-state index contributed by atoms with van der Waals surface area (Å²) in [4.78, 5) is 0. The van der Waals surface area contributed by atoms with Crippen molar-refractivity contribution in [3.05, 3.63) is 72.0 Å². The molecule has 3 aromatic rings. The van der Waals surface area contributed by atoms with Crippen LogP contribution in [0.4, 0.5) is 0 Å². The number of hydrogen-bond acceptors (Lipinski definition) is 4. The summed E-state index contributed by atoms with van der Waals surface area (Å²) >= 11 is 0. The Labute approximate surface area is 123 Å². The van der Waals surface area contributed by atoms with E-state index in [2.05, 4.69) is 5.43 Å². The molecule has 4 nitrogen and oxygen atoms in total. The van der Waals surface area contributed by atoms with Crippen molar-refractivity contribution < 1.29 is 9.15 Å². The summed E-state index contributed by atoms with van der Waals surface area (Å²) in [5, 5.41) is 1.05. The van der Waals surface area contributed by atoms with Gasteiger partial charge >= 0.3 is 0 Å². The monoisotopic (exact) mass is 282 g/mol. The molecule has 3 N–H and O–H groups in total. The summed E-state index contributed by atoms with van der Waals surface area (Å²) in [7, 11) is 1.67. The second kappa shape index (κ2) is 6.10. The predicted octanol–water partition coefficient (Wildman–Crippen LogP) is 3.32. The number of rotatable bonds is 5. The van der Waals surface area contributed by atoms with Gasteiger partial charge in [0.15, 0.2) is 0 Å². The molecule has 0 saturated carbocycles. The molecule has 108 valence electrons. The first kappa shape index (κ1) is 13.8. The fraction of sp³-hybridized carbons (Fsp3) is 0.176. The van der Waals surface area contributed by atoms with Gasteiger partial charge in [-0.1, -0.05) is 48.5 Å². The fourth-order valence-corrected chi connectivity index (χ4v) is 2.58. The van der Waals surface area contributed by atoms with Gasteiger partial charge in [-0.25, -0.2) is 5.43 Å². The smallest absolute Gasteiger partial charge is 0.134 e. The highest BCUT2D eigenvalue weighted by atomic mass is 16.5. The number of nitrogens with one attached hydrogen (secondary N) is 1. The molecule has 4 heteroatoms. The van der Waals surface area contributed by atoms with Gasteiger partial charge in [0.1, 0.15) is 23.5 Å². The zero-order valence-electron chi connectivity index (χ0n) is 11.8. The van der Waals surface area contributed by atoms with E-state index in [1.807, 2.05) is 60.7 Å². The van der Waals surface area contributed by atoms with Crippen molar-refractivity contribution in [2.75, 3.05) is 7.11 Å². The van der Waals surface area contributed by atoms with Gasteiger partial charge in [-0.3, -0.25) is 5.84 Å². The van der Waals surface area contributed by atoms with Crippen molar-refractivity contribution in [1.29, 1.82) is 0 Å². The molecule has 0 aliphatic rings. The van der Waals surface area contributed by atoms with Crippen LogP contribution < -0.4 is 11.3 Å². The maximum absolute atomic E-state index is 5.90. The van der Waals surface area contributed by atoms with E-state index in [-0.39, 0.29) is 12.1 Å². The van der Waals surface area contributed by atoms with E-state index in [4.69, 9.17) is 15.0 Å². The van der Waals surface area contributed by atoms with E-state index in [0.29, 0.717) is 0 Å². The number of nitrogens with two attached hydrogens (primary N) is 1. The minimum Gasteiger partial charge on any atom is -0.459 e. The van der Waals surface area contributed by atoms with Crippen molar-refractivity contribution >= 4 is 11.0 Å². The Hall–Kier alpha value is -2.14. The number of furan rings is 1. The molecule has 21 heavy (non-hydrogen) atoms. The third-order valence-corrected chi connectivity index (χ3v) is 3.62. The molecule has 1 aromatic heterocycles. The molecule has 0 aliphatic carbocycles. The van der Waals surface area contributed by atoms with Crippen LogP contribution in [-0.4, -0.2) is 7.11 Å². The van der Waals surface area contributed by atoms with E-state index >= 15 is 0 Å². The van der Waals surface area contributed by atoms with Crippen LogP contribution in [0.5, 0.6) is 0 Å². The largest absolute Gasteiger partial charge is 0.459 e. The van der Waals surface area contributed by atoms with Crippen LogP contribution in [0.3, 0.4) is 0 Å². The van der Waals surface area contributed by atoms with Crippen molar-refractivity contribution in [2.24, 2.45) is 5.84 Å². The van der Waals surface area contributed by atoms with E-state index < -0.39 is 0 Å². The summed E-state index contributed by atoms with van der Waals surface area (Å²) in [5.74, 6) is 6.51. The normalized spacial score (nSPS) is 14.2. The molecule has 0 fully saturated rings. The summed E-state index contributed by atoms with van der Waals surface area (Å²) in [5.41, 5.74) is 4.70. The molecule has 2 aromatic carbocycles. The summed E-state index contributed by atoms with van der Waals surface area (Å²) in [6.07, 6.45) is -0.225. The van der Waals surface area contributed by atoms with Gasteiger partial charge in [0.25, 0.3) is 0 Å². The first-order chi connectivity index (χ1) is 10.3. The Balaban J connectivity index is 1.99. The Morgan fingerprint density at radius 2 is 1.76 bits per heavy atom. The van der Waals surface area contributed by atoms with Gasteiger partial charge in [0, 0.05) is 12.5 Å². The summed E-state index contributed by atoms with van der Waals surface area (Å²) < 4.78 is 11.5. The van der Waals surface area contributed by atoms with Crippen LogP contribution in [0.15, 0.2) is 65.1 Å². The molecule has 0 spiro atoms. The zero-order chi connectivity index (χ0) is 14.7. The highest BCUT2D eigenvalue weighted by Crippen LogP contribution is 2.33. The van der Waals surface area contributed by atoms with Crippen molar-refractivity contribution in [3.63, 3.8) is 0 Å². The molecule has 0 bridgehead atoms. The third-order valence-electron chi connectivity index (χ3n) is 3.62. The number of methoxy groups -OCH3 is 1. The minimum absolute atomic E-state index is 0.225. The standard InChI is InChI=1S/C17H18N2O2/c1-20-17(12-7-3-2-4-8-12)16(19-18)15-11-13-9-5-6-10-14(13)21-15/h2-11,16-17,19H,18H2,1H3. The van der Waals surface area contributed by atoms with Crippen molar-refractivity contribution in [1.82, 2.24) is 5.43 Å². The maximum Gasteiger partial charge on any atom is 0.134 e. The predicted molar refractivity (Wildman–Crippen MR) is 82.5 cm³/mol. The SMILES string of the molecule is COC(c1ccccc1)C(NN)c1cc2ccccc2o1. The van der Waals surface area contributed by atoms with Crippen LogP contribution in [-0.2, 0) is 4.74 Å². The lowest BCUT2D eigenvalue weighted by Crippen LogP contribution is -2.33. The highest BCUT2D eigenvalue weighted by molar-refractivity contribution is 5.77. The van der Waals surface area contributed by atoms with Crippen LogP contribution in [0.1, 0.15) is 23.5 Å². The molecule has 0 radical (unpaired) electrons. The highest BCUT2D eigenvalue weighted by Gasteiger charge is 2.26. The van der Waals surface area contributed by atoms with Gasteiger partial charge in [-0.2, -0.15) is 0 Å². The van der Waals surface area contributed by atoms with Gasteiger partial charge in [-0.15, -0.1) is 0 Å². The molecule has 0 saturated heterocycles. The molecular formula is C17H18N2O2. The number of fused-ring (bicyclic) bond motifs is 1. The van der Waals surface area contributed by atoms with E-state index in [9.17, 15) is 0 Å². The molecule has 2 atom stereocenters. The van der Waals surface area contributed by atoms with Gasteiger partial charge < -0.3 is 9.15 Å². The molecule has 2 unspecified atom stereocenters. The third kappa shape index (κ3) is 2.69. The lowest BCUT2D eigenvalue weighted by atomic mass is 10.0. The number of ether oxygens (including phenoxy) is 1. The first-order valence-corrected chi connectivity index (χ1v) is 6.86. The van der Waals surface area contributed by atoms with Crippen LogP contribution in [0.2, 0.25) is 0 Å². The first-order valence-electron chi connectivity index (χ1n) is 6.86. The molecule has 3 rings (SSSR count). The quantitative estimate of drug-likeness (QED) is 0.556. The molecule has 1 heterocycles. The Morgan fingerprint density at radius 1 is 1.05 bits per heavy atom. The Kier molecular flexibility index (Phi) is 4.01. The zero-order valence-corrected chi connectivity index (χ0v) is 11.8. The number of hydrazine groups is 1. The lowest BCUT2D eigenvalue weighted by Gasteiger charge is -2.24. The van der Waals surface area contributed by atoms with Gasteiger partial charge in [0.2, 0.25) is 0 Å². The Morgan fingerprint density at radius 3 is 2.43 bits per heavy atom. The lowest BCUT2D eigenvalue weighted by molar-refractivity contribution is 0.0608. The summed E-state index contributed by atoms with van der Waals surface area (Å²) in [6.45, 7) is 0. The van der Waals surface area contributed by atoms with Crippen molar-refractivity contribution in [3.8, 4) is 0 Å². The summed E-state index contributed by atoms with van der Waals surface area (Å²) in [6, 6.07) is 19.6. The molecular weight excluding hydrogens is 264 g/mol. The van der Waals surface area contributed by atoms with Crippen LogP contribution in [0.25, 0.3) is 11.0 Å². The average molecular weight is 282 g/mol. The number of hydrogen-bond donors (Lipinski definition) is 2. The topological polar surface area (TPSA) is 60.4 Å². The number of para-hydroxylation sites is 1. The second-order valence-electron chi connectivity index (χ2n) is 4.90. The maximum atomic E-state index is 5.90. The minimum atomic E-state index is -0.259.